The van der Waals surface area contributed by atoms with E-state index in [9.17, 15) is 0 Å². The van der Waals surface area contributed by atoms with Crippen molar-refractivity contribution in [3.63, 3.8) is 0 Å². The lowest BCUT2D eigenvalue weighted by atomic mass is 9.94. The lowest BCUT2D eigenvalue weighted by Crippen LogP contribution is -2.30. The Bertz CT molecular complexity index is 426. The minimum atomic E-state index is 0.841. The van der Waals surface area contributed by atoms with Crippen LogP contribution in [0.5, 0.6) is 0 Å². The van der Waals surface area contributed by atoms with Crippen molar-refractivity contribution in [2.24, 2.45) is 5.92 Å². The number of nitrogens with zero attached hydrogens (tertiary/aromatic N) is 1. The van der Waals surface area contributed by atoms with Crippen LogP contribution >= 0.6 is 15.9 Å². The number of nitrogens with two attached hydrogens (primary N) is 1. The molecule has 0 aromatic heterocycles. The average molecular weight is 326 g/mol. The minimum Gasteiger partial charge on any atom is -0.398 e. The molecule has 19 heavy (non-hydrogen) atoms. The van der Waals surface area contributed by atoms with Crippen LogP contribution in [-0.4, -0.2) is 31.6 Å². The Labute approximate surface area is 124 Å². The second-order valence-corrected chi connectivity index (χ2v) is 6.51. The summed E-state index contributed by atoms with van der Waals surface area (Å²) in [4.78, 5) is 2.42. The van der Waals surface area contributed by atoms with Crippen molar-refractivity contribution in [1.29, 1.82) is 0 Å². The van der Waals surface area contributed by atoms with Gasteiger partial charge in [-0.15, -0.1) is 0 Å². The Kier molecular flexibility index (Phi) is 5.11. The van der Waals surface area contributed by atoms with Crippen molar-refractivity contribution in [3.05, 3.63) is 22.2 Å². The Hall–Kier alpha value is -0.740. The molecule has 0 amide bonds. The largest absolute Gasteiger partial charge is 0.398 e. The fourth-order valence-corrected chi connectivity index (χ4v) is 3.10. The molecular weight excluding hydrogens is 302 g/mol. The first-order valence-corrected chi connectivity index (χ1v) is 7.83. The smallest absolute Gasteiger partial charge is 0.0488 e. The maximum absolute atomic E-state index is 5.89. The molecular formula is C15H24BrN3. The van der Waals surface area contributed by atoms with Gasteiger partial charge in [0.25, 0.3) is 0 Å². The van der Waals surface area contributed by atoms with Crippen LogP contribution in [0.4, 0.5) is 11.4 Å². The highest BCUT2D eigenvalue weighted by Crippen LogP contribution is 2.28. The lowest BCUT2D eigenvalue weighted by molar-refractivity contribution is 0.215. The molecule has 0 unspecified atom stereocenters. The zero-order valence-corrected chi connectivity index (χ0v) is 13.5. The molecule has 106 valence electrons. The molecule has 4 heteroatoms. The number of aryl methyl sites for hydroxylation is 1. The Morgan fingerprint density at radius 2 is 2.05 bits per heavy atom. The summed E-state index contributed by atoms with van der Waals surface area (Å²) in [6.07, 6.45) is 3.92. The monoisotopic (exact) mass is 325 g/mol. The van der Waals surface area contributed by atoms with Gasteiger partial charge in [0.2, 0.25) is 0 Å². The zero-order chi connectivity index (χ0) is 13.8. The van der Waals surface area contributed by atoms with Gasteiger partial charge in [-0.2, -0.15) is 0 Å². The zero-order valence-electron chi connectivity index (χ0n) is 11.9. The molecule has 1 saturated heterocycles. The predicted molar refractivity (Wildman–Crippen MR) is 86.6 cm³/mol. The van der Waals surface area contributed by atoms with Crippen molar-refractivity contribution in [2.75, 3.05) is 37.7 Å². The van der Waals surface area contributed by atoms with Crippen LogP contribution < -0.4 is 11.1 Å². The molecule has 1 aliphatic rings. The van der Waals surface area contributed by atoms with Gasteiger partial charge >= 0.3 is 0 Å². The molecule has 0 spiro atoms. The standard InChI is InChI=1S/C15H24BrN3/c1-11-9-15(13(16)10-14(11)17)18-6-3-12-4-7-19(2)8-5-12/h9-10,12,18H,3-8,17H2,1-2H3. The number of piperidine rings is 1. The summed E-state index contributed by atoms with van der Waals surface area (Å²) in [5.41, 5.74) is 9.01. The number of halogens is 1. The molecule has 2 rings (SSSR count). The minimum absolute atomic E-state index is 0.841. The van der Waals surface area contributed by atoms with E-state index in [-0.39, 0.29) is 0 Å². The summed E-state index contributed by atoms with van der Waals surface area (Å²) < 4.78 is 1.05. The van der Waals surface area contributed by atoms with Gasteiger partial charge in [-0.25, -0.2) is 0 Å². The number of anilines is 2. The van der Waals surface area contributed by atoms with Gasteiger partial charge in [0.1, 0.15) is 0 Å². The maximum atomic E-state index is 5.89. The number of hydrogen-bond donors (Lipinski definition) is 2. The van der Waals surface area contributed by atoms with E-state index in [1.54, 1.807) is 0 Å². The molecule has 1 aliphatic heterocycles. The van der Waals surface area contributed by atoms with E-state index >= 15 is 0 Å². The van der Waals surface area contributed by atoms with Gasteiger partial charge in [0.15, 0.2) is 0 Å². The van der Waals surface area contributed by atoms with Crippen molar-refractivity contribution in [2.45, 2.75) is 26.2 Å². The third kappa shape index (κ3) is 4.11. The van der Waals surface area contributed by atoms with Gasteiger partial charge in [-0.3, -0.25) is 0 Å². The highest BCUT2D eigenvalue weighted by atomic mass is 79.9. The van der Waals surface area contributed by atoms with Crippen molar-refractivity contribution < 1.29 is 0 Å². The number of benzene rings is 1. The van der Waals surface area contributed by atoms with Crippen molar-refractivity contribution >= 4 is 27.3 Å². The van der Waals surface area contributed by atoms with E-state index in [0.717, 1.165) is 33.9 Å². The molecule has 3 N–H and O–H groups in total. The van der Waals surface area contributed by atoms with Crippen LogP contribution in [0.25, 0.3) is 0 Å². The Morgan fingerprint density at radius 3 is 2.74 bits per heavy atom. The SMILES string of the molecule is Cc1cc(NCCC2CCN(C)CC2)c(Br)cc1N. The van der Waals surface area contributed by atoms with Crippen LogP contribution in [-0.2, 0) is 0 Å². The van der Waals surface area contributed by atoms with Gasteiger partial charge in [-0.05, 0) is 85.9 Å². The molecule has 0 aliphatic carbocycles. The van der Waals surface area contributed by atoms with E-state index in [2.05, 4.69) is 39.3 Å². The number of likely N-dealkylation sites (tertiary alicyclic amines) is 1. The normalized spacial score (nSPS) is 17.6. The molecule has 0 atom stereocenters. The maximum Gasteiger partial charge on any atom is 0.0488 e. The number of hydrogen-bond acceptors (Lipinski definition) is 3. The molecule has 1 aromatic rings. The van der Waals surface area contributed by atoms with E-state index < -0.39 is 0 Å². The Balaban J connectivity index is 1.81. The topological polar surface area (TPSA) is 41.3 Å². The summed E-state index contributed by atoms with van der Waals surface area (Å²) in [7, 11) is 2.21. The molecule has 0 saturated carbocycles. The average Bonchev–Trinajstić information content (AvgIpc) is 2.38. The first-order chi connectivity index (χ1) is 9.06. The van der Waals surface area contributed by atoms with Crippen LogP contribution in [0.1, 0.15) is 24.8 Å². The van der Waals surface area contributed by atoms with E-state index in [4.69, 9.17) is 5.73 Å². The molecule has 1 aromatic carbocycles. The van der Waals surface area contributed by atoms with Gasteiger partial charge in [0.05, 0.1) is 0 Å². The van der Waals surface area contributed by atoms with Crippen LogP contribution in [0.3, 0.4) is 0 Å². The molecule has 3 nitrogen and oxygen atoms in total. The highest BCUT2D eigenvalue weighted by molar-refractivity contribution is 9.10. The van der Waals surface area contributed by atoms with E-state index in [0.29, 0.717) is 0 Å². The second kappa shape index (κ2) is 6.62. The number of rotatable bonds is 4. The summed E-state index contributed by atoms with van der Waals surface area (Å²) >= 11 is 3.57. The Morgan fingerprint density at radius 1 is 1.37 bits per heavy atom. The van der Waals surface area contributed by atoms with Crippen LogP contribution in [0.2, 0.25) is 0 Å². The van der Waals surface area contributed by atoms with Crippen molar-refractivity contribution in [3.8, 4) is 0 Å². The summed E-state index contributed by atoms with van der Waals surface area (Å²) in [5, 5.41) is 3.52. The van der Waals surface area contributed by atoms with Gasteiger partial charge in [-0.1, -0.05) is 0 Å². The highest BCUT2D eigenvalue weighted by Gasteiger charge is 2.16. The fraction of sp³-hybridized carbons (Fsp3) is 0.600. The molecule has 1 fully saturated rings. The van der Waals surface area contributed by atoms with E-state index in [1.807, 2.05) is 13.0 Å². The molecule has 0 bridgehead atoms. The third-order valence-electron chi connectivity index (χ3n) is 4.06. The van der Waals surface area contributed by atoms with E-state index in [1.165, 1.54) is 32.4 Å². The molecule has 1 heterocycles. The predicted octanol–water partition coefficient (Wildman–Crippen LogP) is 3.48. The third-order valence-corrected chi connectivity index (χ3v) is 4.72. The summed E-state index contributed by atoms with van der Waals surface area (Å²) in [6.45, 7) is 5.57. The lowest BCUT2D eigenvalue weighted by Gasteiger charge is -2.29. The number of nitrogens with one attached hydrogen (secondary N) is 1. The quantitative estimate of drug-likeness (QED) is 0.833. The summed E-state index contributed by atoms with van der Waals surface area (Å²) in [6, 6.07) is 4.10. The second-order valence-electron chi connectivity index (χ2n) is 5.65. The van der Waals surface area contributed by atoms with Crippen LogP contribution in [0, 0.1) is 12.8 Å². The first kappa shape index (κ1) is 14.7. The summed E-state index contributed by atoms with van der Waals surface area (Å²) in [5.74, 6) is 0.873. The number of nitrogen functional groups attached to an aromatic ring is 1. The van der Waals surface area contributed by atoms with Crippen molar-refractivity contribution in [1.82, 2.24) is 4.90 Å². The van der Waals surface area contributed by atoms with Crippen LogP contribution in [0.15, 0.2) is 16.6 Å². The van der Waals surface area contributed by atoms with Gasteiger partial charge < -0.3 is 16.0 Å². The van der Waals surface area contributed by atoms with Gasteiger partial charge in [0, 0.05) is 22.4 Å². The molecule has 0 radical (unpaired) electrons. The fourth-order valence-electron chi connectivity index (χ4n) is 2.59. The first-order valence-electron chi connectivity index (χ1n) is 7.04.